The lowest BCUT2D eigenvalue weighted by Gasteiger charge is -2.07. The SMILES string of the molecule is Cc1ccc(C(F)F)cc1C(=O)c1cccnc1. The quantitative estimate of drug-likeness (QED) is 0.776. The lowest BCUT2D eigenvalue weighted by molar-refractivity contribution is 0.103. The Kier molecular flexibility index (Phi) is 3.46. The number of hydrogen-bond acceptors (Lipinski definition) is 2. The molecule has 0 radical (unpaired) electrons. The molecule has 2 nitrogen and oxygen atoms in total. The summed E-state index contributed by atoms with van der Waals surface area (Å²) in [6, 6.07) is 7.36. The number of carbonyl (C=O) groups excluding carboxylic acids is 1. The highest BCUT2D eigenvalue weighted by atomic mass is 19.3. The van der Waals surface area contributed by atoms with Crippen molar-refractivity contribution in [2.24, 2.45) is 0 Å². The van der Waals surface area contributed by atoms with Gasteiger partial charge in [0, 0.05) is 29.1 Å². The van der Waals surface area contributed by atoms with Crippen LogP contribution in [-0.2, 0) is 0 Å². The van der Waals surface area contributed by atoms with Crippen LogP contribution >= 0.6 is 0 Å². The zero-order valence-electron chi connectivity index (χ0n) is 9.73. The molecule has 92 valence electrons. The van der Waals surface area contributed by atoms with Gasteiger partial charge in [0.15, 0.2) is 5.78 Å². The Balaban J connectivity index is 2.45. The number of aromatic nitrogens is 1. The van der Waals surface area contributed by atoms with Gasteiger partial charge in [-0.1, -0.05) is 12.1 Å². The van der Waals surface area contributed by atoms with Crippen molar-refractivity contribution in [2.45, 2.75) is 13.3 Å². The van der Waals surface area contributed by atoms with E-state index in [4.69, 9.17) is 0 Å². The number of alkyl halides is 2. The lowest BCUT2D eigenvalue weighted by Crippen LogP contribution is -2.05. The van der Waals surface area contributed by atoms with E-state index in [0.29, 0.717) is 16.7 Å². The molecule has 1 aromatic carbocycles. The summed E-state index contributed by atoms with van der Waals surface area (Å²) < 4.78 is 25.2. The molecule has 18 heavy (non-hydrogen) atoms. The van der Waals surface area contributed by atoms with E-state index < -0.39 is 6.43 Å². The van der Waals surface area contributed by atoms with Crippen molar-refractivity contribution in [3.63, 3.8) is 0 Å². The number of hydrogen-bond donors (Lipinski definition) is 0. The lowest BCUT2D eigenvalue weighted by atomic mass is 9.98. The summed E-state index contributed by atoms with van der Waals surface area (Å²) in [4.78, 5) is 16.0. The van der Waals surface area contributed by atoms with E-state index in [2.05, 4.69) is 4.98 Å². The Morgan fingerprint density at radius 1 is 1.28 bits per heavy atom. The Bertz CT molecular complexity index is 567. The van der Waals surface area contributed by atoms with Crippen molar-refractivity contribution in [2.75, 3.05) is 0 Å². The first kappa shape index (κ1) is 12.4. The van der Waals surface area contributed by atoms with Crippen LogP contribution in [0.2, 0.25) is 0 Å². The van der Waals surface area contributed by atoms with Crippen LogP contribution in [0.3, 0.4) is 0 Å². The molecule has 0 aliphatic rings. The van der Waals surface area contributed by atoms with E-state index in [1.165, 1.54) is 24.4 Å². The zero-order chi connectivity index (χ0) is 13.1. The number of benzene rings is 1. The number of carbonyl (C=O) groups is 1. The summed E-state index contributed by atoms with van der Waals surface area (Å²) in [5.41, 5.74) is 1.22. The monoisotopic (exact) mass is 247 g/mol. The summed E-state index contributed by atoms with van der Waals surface area (Å²) in [6.07, 6.45) is 0.404. The average Bonchev–Trinajstić information content (AvgIpc) is 2.39. The normalized spacial score (nSPS) is 10.7. The largest absolute Gasteiger partial charge is 0.289 e. The molecular weight excluding hydrogens is 236 g/mol. The Hall–Kier alpha value is -2.10. The fourth-order valence-electron chi connectivity index (χ4n) is 1.67. The second-order valence-electron chi connectivity index (χ2n) is 3.95. The van der Waals surface area contributed by atoms with Crippen molar-refractivity contribution < 1.29 is 13.6 Å². The molecule has 2 rings (SSSR count). The predicted molar refractivity (Wildman–Crippen MR) is 63.8 cm³/mol. The maximum atomic E-state index is 12.6. The first-order chi connectivity index (χ1) is 8.59. The van der Waals surface area contributed by atoms with E-state index in [1.54, 1.807) is 25.3 Å². The van der Waals surface area contributed by atoms with Gasteiger partial charge in [0.2, 0.25) is 0 Å². The number of rotatable bonds is 3. The minimum Gasteiger partial charge on any atom is -0.289 e. The highest BCUT2D eigenvalue weighted by Crippen LogP contribution is 2.23. The van der Waals surface area contributed by atoms with Gasteiger partial charge in [-0.05, 0) is 30.7 Å². The number of halogens is 2. The average molecular weight is 247 g/mol. The van der Waals surface area contributed by atoms with Crippen LogP contribution < -0.4 is 0 Å². The van der Waals surface area contributed by atoms with Crippen molar-refractivity contribution >= 4 is 5.78 Å². The number of aryl methyl sites for hydroxylation is 1. The van der Waals surface area contributed by atoms with Crippen molar-refractivity contribution in [3.05, 3.63) is 65.0 Å². The molecular formula is C14H11F2NO. The first-order valence-electron chi connectivity index (χ1n) is 5.43. The summed E-state index contributed by atoms with van der Waals surface area (Å²) in [5, 5.41) is 0. The van der Waals surface area contributed by atoms with E-state index in [9.17, 15) is 13.6 Å². The molecule has 0 atom stereocenters. The minimum atomic E-state index is -2.58. The molecule has 0 bridgehead atoms. The number of ketones is 1. The molecule has 0 amide bonds. The topological polar surface area (TPSA) is 30.0 Å². The maximum absolute atomic E-state index is 12.6. The van der Waals surface area contributed by atoms with Gasteiger partial charge in [0.25, 0.3) is 6.43 Å². The summed E-state index contributed by atoms with van der Waals surface area (Å²) >= 11 is 0. The molecule has 4 heteroatoms. The maximum Gasteiger partial charge on any atom is 0.263 e. The third-order valence-electron chi connectivity index (χ3n) is 2.68. The fourth-order valence-corrected chi connectivity index (χ4v) is 1.67. The van der Waals surface area contributed by atoms with Crippen LogP contribution in [0.1, 0.15) is 33.5 Å². The van der Waals surface area contributed by atoms with Gasteiger partial charge in [0.05, 0.1) is 0 Å². The van der Waals surface area contributed by atoms with E-state index in [0.717, 1.165) is 0 Å². The molecule has 1 aromatic heterocycles. The Labute approximate surface area is 103 Å². The van der Waals surface area contributed by atoms with Gasteiger partial charge in [-0.25, -0.2) is 8.78 Å². The first-order valence-corrected chi connectivity index (χ1v) is 5.43. The second kappa shape index (κ2) is 5.04. The highest BCUT2D eigenvalue weighted by Gasteiger charge is 2.15. The fraction of sp³-hybridized carbons (Fsp3) is 0.143. The molecule has 0 N–H and O–H groups in total. The molecule has 1 heterocycles. The van der Waals surface area contributed by atoms with Gasteiger partial charge in [0.1, 0.15) is 0 Å². The van der Waals surface area contributed by atoms with Gasteiger partial charge in [-0.2, -0.15) is 0 Å². The van der Waals surface area contributed by atoms with E-state index in [-0.39, 0.29) is 11.3 Å². The smallest absolute Gasteiger partial charge is 0.263 e. The molecule has 0 aliphatic heterocycles. The van der Waals surface area contributed by atoms with Crippen LogP contribution in [0.4, 0.5) is 8.78 Å². The van der Waals surface area contributed by atoms with Gasteiger partial charge >= 0.3 is 0 Å². The summed E-state index contributed by atoms with van der Waals surface area (Å²) in [6.45, 7) is 1.72. The molecule has 0 fully saturated rings. The predicted octanol–water partition coefficient (Wildman–Crippen LogP) is 3.56. The van der Waals surface area contributed by atoms with E-state index >= 15 is 0 Å². The molecule has 0 unspecified atom stereocenters. The van der Waals surface area contributed by atoms with Gasteiger partial charge < -0.3 is 0 Å². The molecule has 0 aliphatic carbocycles. The van der Waals surface area contributed by atoms with Crippen molar-refractivity contribution in [1.82, 2.24) is 4.98 Å². The highest BCUT2D eigenvalue weighted by molar-refractivity contribution is 6.09. The van der Waals surface area contributed by atoms with E-state index in [1.807, 2.05) is 0 Å². The molecule has 0 saturated heterocycles. The molecule has 2 aromatic rings. The third-order valence-corrected chi connectivity index (χ3v) is 2.68. The third kappa shape index (κ3) is 2.42. The second-order valence-corrected chi connectivity index (χ2v) is 3.95. The van der Waals surface area contributed by atoms with Crippen LogP contribution in [0.25, 0.3) is 0 Å². The zero-order valence-corrected chi connectivity index (χ0v) is 9.73. The van der Waals surface area contributed by atoms with Crippen LogP contribution in [0.5, 0.6) is 0 Å². The number of nitrogens with zero attached hydrogens (tertiary/aromatic N) is 1. The molecule has 0 spiro atoms. The van der Waals surface area contributed by atoms with Crippen molar-refractivity contribution in [3.8, 4) is 0 Å². The number of pyridine rings is 1. The van der Waals surface area contributed by atoms with Crippen molar-refractivity contribution in [1.29, 1.82) is 0 Å². The van der Waals surface area contributed by atoms with Gasteiger partial charge in [-0.3, -0.25) is 9.78 Å². The Morgan fingerprint density at radius 2 is 2.06 bits per heavy atom. The van der Waals surface area contributed by atoms with Crippen LogP contribution in [-0.4, -0.2) is 10.8 Å². The molecule has 0 saturated carbocycles. The van der Waals surface area contributed by atoms with Crippen LogP contribution in [0.15, 0.2) is 42.7 Å². The Morgan fingerprint density at radius 3 is 2.67 bits per heavy atom. The minimum absolute atomic E-state index is 0.146. The summed E-state index contributed by atoms with van der Waals surface area (Å²) in [7, 11) is 0. The standard InChI is InChI=1S/C14H11F2NO/c1-9-4-5-10(14(15)16)7-12(9)13(18)11-3-2-6-17-8-11/h2-8,14H,1H3. The summed E-state index contributed by atoms with van der Waals surface area (Å²) in [5.74, 6) is -0.289. The van der Waals surface area contributed by atoms with Crippen LogP contribution in [0, 0.1) is 6.92 Å². The van der Waals surface area contributed by atoms with Gasteiger partial charge in [-0.15, -0.1) is 0 Å².